The maximum atomic E-state index is 14.6. The highest BCUT2D eigenvalue weighted by Crippen LogP contribution is 2.36. The van der Waals surface area contributed by atoms with Crippen LogP contribution >= 0.6 is 0 Å². The molecule has 0 radical (unpaired) electrons. The average Bonchev–Trinajstić information content (AvgIpc) is 2.91. The van der Waals surface area contributed by atoms with E-state index in [1.165, 1.54) is 6.07 Å². The van der Waals surface area contributed by atoms with Crippen molar-refractivity contribution in [2.45, 2.75) is 38.8 Å². The first-order chi connectivity index (χ1) is 12.7. The zero-order valence-corrected chi connectivity index (χ0v) is 14.9. The van der Waals surface area contributed by atoms with Crippen molar-refractivity contribution in [2.75, 3.05) is 22.9 Å². The summed E-state index contributed by atoms with van der Waals surface area (Å²) in [5.41, 5.74) is 2.95. The summed E-state index contributed by atoms with van der Waals surface area (Å²) in [7, 11) is 0. The minimum atomic E-state index is -0.371. The van der Waals surface area contributed by atoms with E-state index in [1.54, 1.807) is 23.4 Å². The van der Waals surface area contributed by atoms with E-state index >= 15 is 0 Å². The molecule has 136 valence electrons. The molecular formula is C20H23FN4O. The summed E-state index contributed by atoms with van der Waals surface area (Å²) in [5.74, 6) is -0.371. The van der Waals surface area contributed by atoms with Gasteiger partial charge >= 0.3 is 6.03 Å². The Hall–Kier alpha value is -2.47. The predicted octanol–water partition coefficient (Wildman–Crippen LogP) is 3.62. The minimum Gasteiger partial charge on any atom is -0.315 e. The summed E-state index contributed by atoms with van der Waals surface area (Å²) in [6, 6.07) is 6.70. The van der Waals surface area contributed by atoms with E-state index < -0.39 is 0 Å². The van der Waals surface area contributed by atoms with E-state index in [4.69, 9.17) is 0 Å². The van der Waals surface area contributed by atoms with Gasteiger partial charge in [0.2, 0.25) is 0 Å². The van der Waals surface area contributed by atoms with Crippen molar-refractivity contribution >= 4 is 17.4 Å². The number of carbonyl (C=O) groups excluding carboxylic acids is 1. The SMILES string of the molecule is Cc1cccc(F)c1N1Cc2cnccc2N([C@H]2CCCCNC2)C1=O. The van der Waals surface area contributed by atoms with E-state index in [1.807, 2.05) is 24.0 Å². The number of hydrogen-bond acceptors (Lipinski definition) is 3. The fraction of sp³-hybridized carbons (Fsp3) is 0.400. The Morgan fingerprint density at radius 1 is 1.27 bits per heavy atom. The molecule has 0 unspecified atom stereocenters. The van der Waals surface area contributed by atoms with Gasteiger partial charge in [-0.25, -0.2) is 9.18 Å². The van der Waals surface area contributed by atoms with Crippen LogP contribution < -0.4 is 15.1 Å². The van der Waals surface area contributed by atoms with Crippen LogP contribution in [0.1, 0.15) is 30.4 Å². The topological polar surface area (TPSA) is 48.5 Å². The Kier molecular flexibility index (Phi) is 4.59. The number of rotatable bonds is 2. The zero-order chi connectivity index (χ0) is 18.1. The smallest absolute Gasteiger partial charge is 0.315 e. The van der Waals surface area contributed by atoms with Crippen molar-refractivity contribution in [3.63, 3.8) is 0 Å². The number of pyridine rings is 1. The van der Waals surface area contributed by atoms with Crippen LogP contribution in [0.3, 0.4) is 0 Å². The van der Waals surface area contributed by atoms with Gasteiger partial charge in [-0.15, -0.1) is 0 Å². The maximum absolute atomic E-state index is 14.6. The summed E-state index contributed by atoms with van der Waals surface area (Å²) in [6.07, 6.45) is 6.61. The van der Waals surface area contributed by atoms with Gasteiger partial charge in [-0.3, -0.25) is 14.8 Å². The van der Waals surface area contributed by atoms with Crippen LogP contribution in [0.2, 0.25) is 0 Å². The number of hydrogen-bond donors (Lipinski definition) is 1. The highest BCUT2D eigenvalue weighted by molar-refractivity contribution is 6.07. The van der Waals surface area contributed by atoms with Gasteiger partial charge < -0.3 is 5.32 Å². The Morgan fingerprint density at radius 3 is 3.00 bits per heavy atom. The number of halogens is 1. The number of aromatic nitrogens is 1. The van der Waals surface area contributed by atoms with Crippen LogP contribution in [0.5, 0.6) is 0 Å². The highest BCUT2D eigenvalue weighted by atomic mass is 19.1. The third-order valence-corrected chi connectivity index (χ3v) is 5.25. The number of para-hydroxylation sites is 1. The second-order valence-corrected chi connectivity index (χ2v) is 7.00. The van der Waals surface area contributed by atoms with Crippen LogP contribution in [0, 0.1) is 12.7 Å². The van der Waals surface area contributed by atoms with Crippen LogP contribution in [0.25, 0.3) is 0 Å². The standard InChI is InChI=1S/C20H23FN4O/c1-14-5-4-7-17(21)19(14)24-13-15-11-23-10-8-18(15)25(20(24)26)16-6-2-3-9-22-12-16/h4-5,7-8,10-11,16,22H,2-3,6,9,12-13H2,1H3/t16-/m0/s1. The lowest BCUT2D eigenvalue weighted by Crippen LogP contribution is -2.54. The van der Waals surface area contributed by atoms with Crippen molar-refractivity contribution in [1.29, 1.82) is 0 Å². The van der Waals surface area contributed by atoms with Gasteiger partial charge in [-0.05, 0) is 44.0 Å². The first-order valence-electron chi connectivity index (χ1n) is 9.16. The number of anilines is 2. The van der Waals surface area contributed by atoms with Gasteiger partial charge in [0.15, 0.2) is 0 Å². The van der Waals surface area contributed by atoms with Crippen molar-refractivity contribution < 1.29 is 9.18 Å². The summed E-state index contributed by atoms with van der Waals surface area (Å²) in [6.45, 7) is 3.89. The molecule has 4 rings (SSSR count). The van der Waals surface area contributed by atoms with Gasteiger partial charge in [0.25, 0.3) is 0 Å². The molecule has 1 N–H and O–H groups in total. The number of aryl methyl sites for hydroxylation is 1. The molecule has 0 spiro atoms. The molecule has 0 aliphatic carbocycles. The number of nitrogens with zero attached hydrogens (tertiary/aromatic N) is 3. The fourth-order valence-electron chi connectivity index (χ4n) is 3.96. The molecule has 2 aromatic rings. The fourth-order valence-corrected chi connectivity index (χ4v) is 3.96. The Labute approximate surface area is 152 Å². The van der Waals surface area contributed by atoms with E-state index in [-0.39, 0.29) is 17.9 Å². The summed E-state index contributed by atoms with van der Waals surface area (Å²) in [4.78, 5) is 21.1. The predicted molar refractivity (Wildman–Crippen MR) is 99.9 cm³/mol. The molecule has 1 aromatic carbocycles. The number of amides is 2. The van der Waals surface area contributed by atoms with Gasteiger partial charge in [0, 0.05) is 24.5 Å². The van der Waals surface area contributed by atoms with Crippen LogP contribution in [0.15, 0.2) is 36.7 Å². The number of benzene rings is 1. The highest BCUT2D eigenvalue weighted by Gasteiger charge is 2.37. The largest absolute Gasteiger partial charge is 0.329 e. The summed E-state index contributed by atoms with van der Waals surface area (Å²) < 4.78 is 14.6. The molecule has 5 nitrogen and oxygen atoms in total. The second kappa shape index (κ2) is 7.03. The quantitative estimate of drug-likeness (QED) is 0.896. The normalized spacial score (nSPS) is 20.7. The number of urea groups is 1. The van der Waals surface area contributed by atoms with Gasteiger partial charge in [-0.1, -0.05) is 18.6 Å². The Bertz CT molecular complexity index is 797. The lowest BCUT2D eigenvalue weighted by Gasteiger charge is -2.41. The third-order valence-electron chi connectivity index (χ3n) is 5.25. The first kappa shape index (κ1) is 17.0. The molecule has 0 saturated carbocycles. The van der Waals surface area contributed by atoms with E-state index in [2.05, 4.69) is 10.3 Å². The molecule has 2 aliphatic heterocycles. The first-order valence-corrected chi connectivity index (χ1v) is 9.16. The molecule has 1 fully saturated rings. The van der Waals surface area contributed by atoms with Crippen molar-refractivity contribution in [3.05, 3.63) is 53.6 Å². The molecular weight excluding hydrogens is 331 g/mol. The summed E-state index contributed by atoms with van der Waals surface area (Å²) in [5, 5.41) is 3.42. The lowest BCUT2D eigenvalue weighted by molar-refractivity contribution is 0.247. The molecule has 1 aromatic heterocycles. The van der Waals surface area contributed by atoms with E-state index in [0.29, 0.717) is 12.2 Å². The molecule has 26 heavy (non-hydrogen) atoms. The number of fused-ring (bicyclic) bond motifs is 1. The molecule has 3 heterocycles. The molecule has 2 aliphatic rings. The van der Waals surface area contributed by atoms with Gasteiger partial charge in [0.05, 0.1) is 24.0 Å². The Morgan fingerprint density at radius 2 is 2.15 bits per heavy atom. The van der Waals surface area contributed by atoms with E-state index in [9.17, 15) is 9.18 Å². The average molecular weight is 354 g/mol. The molecule has 2 amide bonds. The number of carbonyl (C=O) groups is 1. The lowest BCUT2D eigenvalue weighted by atomic mass is 10.0. The maximum Gasteiger partial charge on any atom is 0.329 e. The van der Waals surface area contributed by atoms with Gasteiger partial charge in [-0.2, -0.15) is 0 Å². The molecule has 0 bridgehead atoms. The molecule has 6 heteroatoms. The van der Waals surface area contributed by atoms with Crippen LogP contribution in [-0.2, 0) is 6.54 Å². The zero-order valence-electron chi connectivity index (χ0n) is 14.9. The van der Waals surface area contributed by atoms with Crippen molar-refractivity contribution in [2.24, 2.45) is 0 Å². The van der Waals surface area contributed by atoms with Gasteiger partial charge in [0.1, 0.15) is 5.82 Å². The third kappa shape index (κ3) is 2.94. The minimum absolute atomic E-state index is 0.0565. The Balaban J connectivity index is 1.79. The van der Waals surface area contributed by atoms with Crippen molar-refractivity contribution in [3.8, 4) is 0 Å². The molecule has 1 saturated heterocycles. The number of nitrogens with one attached hydrogen (secondary N) is 1. The van der Waals surface area contributed by atoms with E-state index in [0.717, 1.165) is 49.2 Å². The molecule has 1 atom stereocenters. The summed E-state index contributed by atoms with van der Waals surface area (Å²) >= 11 is 0. The van der Waals surface area contributed by atoms with Crippen molar-refractivity contribution in [1.82, 2.24) is 10.3 Å². The monoisotopic (exact) mass is 354 g/mol. The second-order valence-electron chi connectivity index (χ2n) is 7.00. The van der Waals surface area contributed by atoms with Crippen LogP contribution in [-0.4, -0.2) is 30.1 Å². The van der Waals surface area contributed by atoms with Crippen LogP contribution in [0.4, 0.5) is 20.6 Å².